The van der Waals surface area contributed by atoms with Crippen molar-refractivity contribution in [2.24, 2.45) is 11.7 Å². The fourth-order valence-electron chi connectivity index (χ4n) is 2.07. The molecule has 1 amide bonds. The Morgan fingerprint density at radius 1 is 1.53 bits per heavy atom. The number of amides is 1. The van der Waals surface area contributed by atoms with Crippen LogP contribution in [-0.2, 0) is 11.2 Å². The third-order valence-corrected chi connectivity index (χ3v) is 2.97. The standard InChI is InChI=1S/C13H19N3O/c1-9-8-15-16(13(9)17)12-6-4-3-5-11(12)7-10(2)14/h3-6,9-10,15H,7-8,14H2,1-2H3. The molecule has 4 nitrogen and oxygen atoms in total. The predicted molar refractivity (Wildman–Crippen MR) is 68.4 cm³/mol. The summed E-state index contributed by atoms with van der Waals surface area (Å²) in [7, 11) is 0. The Labute approximate surface area is 102 Å². The lowest BCUT2D eigenvalue weighted by molar-refractivity contribution is -0.119. The van der Waals surface area contributed by atoms with Crippen molar-refractivity contribution >= 4 is 11.6 Å². The Hall–Kier alpha value is -1.39. The van der Waals surface area contributed by atoms with Crippen molar-refractivity contribution in [2.45, 2.75) is 26.3 Å². The van der Waals surface area contributed by atoms with Gasteiger partial charge in [-0.25, -0.2) is 10.4 Å². The minimum Gasteiger partial charge on any atom is -0.328 e. The summed E-state index contributed by atoms with van der Waals surface area (Å²) >= 11 is 0. The van der Waals surface area contributed by atoms with Gasteiger partial charge >= 0.3 is 0 Å². The number of hydrogen-bond acceptors (Lipinski definition) is 3. The van der Waals surface area contributed by atoms with Gasteiger partial charge in [0.05, 0.1) is 11.6 Å². The zero-order valence-electron chi connectivity index (χ0n) is 10.3. The molecule has 0 spiro atoms. The third-order valence-electron chi connectivity index (χ3n) is 2.97. The molecule has 2 unspecified atom stereocenters. The van der Waals surface area contributed by atoms with Gasteiger partial charge in [0.2, 0.25) is 5.91 Å². The van der Waals surface area contributed by atoms with E-state index in [2.05, 4.69) is 5.43 Å². The van der Waals surface area contributed by atoms with E-state index in [9.17, 15) is 4.79 Å². The van der Waals surface area contributed by atoms with Crippen LogP contribution in [0.25, 0.3) is 0 Å². The van der Waals surface area contributed by atoms with E-state index in [1.165, 1.54) is 0 Å². The van der Waals surface area contributed by atoms with Gasteiger partial charge in [0.25, 0.3) is 0 Å². The molecule has 3 N–H and O–H groups in total. The monoisotopic (exact) mass is 233 g/mol. The number of carbonyl (C=O) groups excluding carboxylic acids is 1. The molecule has 0 bridgehead atoms. The molecular weight excluding hydrogens is 214 g/mol. The minimum absolute atomic E-state index is 0.0401. The van der Waals surface area contributed by atoms with Crippen molar-refractivity contribution in [1.29, 1.82) is 0 Å². The van der Waals surface area contributed by atoms with E-state index >= 15 is 0 Å². The van der Waals surface area contributed by atoms with Gasteiger partial charge in [-0.05, 0) is 25.0 Å². The molecular formula is C13H19N3O. The van der Waals surface area contributed by atoms with Gasteiger partial charge in [-0.3, -0.25) is 4.79 Å². The van der Waals surface area contributed by atoms with E-state index < -0.39 is 0 Å². The first-order valence-electron chi connectivity index (χ1n) is 6.00. The maximum atomic E-state index is 12.0. The Morgan fingerprint density at radius 2 is 2.24 bits per heavy atom. The van der Waals surface area contributed by atoms with Gasteiger partial charge in [-0.1, -0.05) is 25.1 Å². The number of rotatable bonds is 3. The number of hydrazine groups is 1. The van der Waals surface area contributed by atoms with E-state index in [1.807, 2.05) is 38.1 Å². The highest BCUT2D eigenvalue weighted by Crippen LogP contribution is 2.24. The molecule has 0 aliphatic carbocycles. The van der Waals surface area contributed by atoms with Crippen LogP contribution in [0.15, 0.2) is 24.3 Å². The van der Waals surface area contributed by atoms with Crippen LogP contribution >= 0.6 is 0 Å². The predicted octanol–water partition coefficient (Wildman–Crippen LogP) is 1.06. The molecule has 2 atom stereocenters. The van der Waals surface area contributed by atoms with Gasteiger partial charge in [-0.15, -0.1) is 0 Å². The average Bonchev–Trinajstić information content (AvgIpc) is 2.60. The van der Waals surface area contributed by atoms with Crippen LogP contribution in [0.4, 0.5) is 5.69 Å². The third kappa shape index (κ3) is 2.48. The molecule has 1 aliphatic heterocycles. The molecule has 1 aromatic carbocycles. The molecule has 4 heteroatoms. The average molecular weight is 233 g/mol. The van der Waals surface area contributed by atoms with Crippen LogP contribution in [-0.4, -0.2) is 18.5 Å². The van der Waals surface area contributed by atoms with Crippen LogP contribution < -0.4 is 16.2 Å². The maximum absolute atomic E-state index is 12.0. The van der Waals surface area contributed by atoms with Crippen LogP contribution in [0.2, 0.25) is 0 Å². The lowest BCUT2D eigenvalue weighted by Crippen LogP contribution is -2.35. The van der Waals surface area contributed by atoms with Crippen molar-refractivity contribution in [3.63, 3.8) is 0 Å². The van der Waals surface area contributed by atoms with Gasteiger partial charge < -0.3 is 5.73 Å². The molecule has 1 aromatic rings. The second-order valence-corrected chi connectivity index (χ2v) is 4.75. The number of nitrogens with one attached hydrogen (secondary N) is 1. The topological polar surface area (TPSA) is 58.4 Å². The van der Waals surface area contributed by atoms with Crippen LogP contribution in [0, 0.1) is 5.92 Å². The number of anilines is 1. The summed E-state index contributed by atoms with van der Waals surface area (Å²) in [5.74, 6) is 0.167. The van der Waals surface area contributed by atoms with Crippen molar-refractivity contribution in [3.8, 4) is 0 Å². The minimum atomic E-state index is 0.0401. The molecule has 17 heavy (non-hydrogen) atoms. The molecule has 1 aliphatic rings. The van der Waals surface area contributed by atoms with Crippen molar-refractivity contribution in [2.75, 3.05) is 11.6 Å². The molecule has 0 aromatic heterocycles. The zero-order chi connectivity index (χ0) is 12.4. The fraction of sp³-hybridized carbons (Fsp3) is 0.462. The first-order valence-corrected chi connectivity index (χ1v) is 6.00. The highest BCUT2D eigenvalue weighted by Gasteiger charge is 2.29. The van der Waals surface area contributed by atoms with E-state index in [0.29, 0.717) is 6.54 Å². The van der Waals surface area contributed by atoms with Crippen molar-refractivity contribution in [3.05, 3.63) is 29.8 Å². The second-order valence-electron chi connectivity index (χ2n) is 4.75. The summed E-state index contributed by atoms with van der Waals surface area (Å²) < 4.78 is 0. The first-order chi connectivity index (χ1) is 8.09. The lowest BCUT2D eigenvalue weighted by Gasteiger charge is -2.20. The Morgan fingerprint density at radius 3 is 2.82 bits per heavy atom. The van der Waals surface area contributed by atoms with E-state index in [0.717, 1.165) is 17.7 Å². The van der Waals surface area contributed by atoms with Gasteiger partial charge in [0.1, 0.15) is 0 Å². The molecule has 1 fully saturated rings. The van der Waals surface area contributed by atoms with E-state index in [1.54, 1.807) is 5.01 Å². The summed E-state index contributed by atoms with van der Waals surface area (Å²) in [4.78, 5) is 12.0. The van der Waals surface area contributed by atoms with Crippen LogP contribution in [0.3, 0.4) is 0 Å². The summed E-state index contributed by atoms with van der Waals surface area (Å²) in [6.07, 6.45) is 0.774. The molecule has 0 saturated carbocycles. The Bertz CT molecular complexity index is 417. The molecule has 1 saturated heterocycles. The second kappa shape index (κ2) is 4.85. The molecule has 92 valence electrons. The zero-order valence-corrected chi connectivity index (χ0v) is 10.3. The number of nitrogens with zero attached hydrogens (tertiary/aromatic N) is 1. The van der Waals surface area contributed by atoms with Crippen molar-refractivity contribution < 1.29 is 4.79 Å². The van der Waals surface area contributed by atoms with Gasteiger partial charge in [-0.2, -0.15) is 0 Å². The Kier molecular flexibility index (Phi) is 3.45. The number of benzene rings is 1. The molecule has 2 rings (SSSR count). The highest BCUT2D eigenvalue weighted by molar-refractivity contribution is 5.96. The van der Waals surface area contributed by atoms with Crippen LogP contribution in [0.5, 0.6) is 0 Å². The number of para-hydroxylation sites is 1. The quantitative estimate of drug-likeness (QED) is 0.821. The first kappa shape index (κ1) is 12.1. The van der Waals surface area contributed by atoms with Gasteiger partial charge in [0, 0.05) is 12.6 Å². The lowest BCUT2D eigenvalue weighted by atomic mass is 10.0. The number of carbonyl (C=O) groups is 1. The van der Waals surface area contributed by atoms with E-state index in [-0.39, 0.29) is 17.9 Å². The summed E-state index contributed by atoms with van der Waals surface area (Å²) in [6.45, 7) is 4.60. The summed E-state index contributed by atoms with van der Waals surface area (Å²) in [5, 5.41) is 1.66. The van der Waals surface area contributed by atoms with Crippen molar-refractivity contribution in [1.82, 2.24) is 5.43 Å². The summed E-state index contributed by atoms with van der Waals surface area (Å²) in [6, 6.07) is 7.99. The fourth-order valence-corrected chi connectivity index (χ4v) is 2.07. The maximum Gasteiger partial charge on any atom is 0.245 e. The van der Waals surface area contributed by atoms with Gasteiger partial charge in [0.15, 0.2) is 0 Å². The molecule has 1 heterocycles. The summed E-state index contributed by atoms with van der Waals surface area (Å²) in [5.41, 5.74) is 11.0. The Balaban J connectivity index is 2.29. The van der Waals surface area contributed by atoms with E-state index in [4.69, 9.17) is 5.73 Å². The SMILES string of the molecule is CC(N)Cc1ccccc1N1NCC(C)C1=O. The smallest absolute Gasteiger partial charge is 0.245 e. The molecule has 0 radical (unpaired) electrons. The highest BCUT2D eigenvalue weighted by atomic mass is 16.2. The largest absolute Gasteiger partial charge is 0.328 e. The normalized spacial score (nSPS) is 21.9. The number of nitrogens with two attached hydrogens (primary N) is 1. The number of hydrogen-bond donors (Lipinski definition) is 2. The van der Waals surface area contributed by atoms with Crippen LogP contribution in [0.1, 0.15) is 19.4 Å².